The average molecular weight is 270 g/mol. The second-order valence-electron chi connectivity index (χ2n) is 5.49. The minimum atomic E-state index is -0.754. The maximum absolute atomic E-state index is 10.7. The van der Waals surface area contributed by atoms with Crippen molar-refractivity contribution in [2.45, 2.75) is 53.1 Å². The number of carbonyl (C=O) groups is 1. The van der Waals surface area contributed by atoms with Gasteiger partial charge in [0.05, 0.1) is 18.7 Å². The number of rotatable bonds is 5. The van der Waals surface area contributed by atoms with Gasteiger partial charge in [0.1, 0.15) is 5.01 Å². The smallest absolute Gasteiger partial charge is 0.304 e. The predicted octanol–water partition coefficient (Wildman–Crippen LogP) is 2.84. The standard InChI is InChI=1S/C13H22N2O2S/c1-9-10(2)18-11(14-9)8-15(13(3,4)5)7-6-12(16)17/h6-8H2,1-5H3,(H,16,17). The lowest BCUT2D eigenvalue weighted by Gasteiger charge is -2.34. The van der Waals surface area contributed by atoms with Gasteiger partial charge in [-0.2, -0.15) is 0 Å². The van der Waals surface area contributed by atoms with Crippen LogP contribution in [-0.4, -0.2) is 33.0 Å². The third kappa shape index (κ3) is 4.38. The van der Waals surface area contributed by atoms with Gasteiger partial charge < -0.3 is 5.11 Å². The van der Waals surface area contributed by atoms with Crippen molar-refractivity contribution in [2.75, 3.05) is 6.54 Å². The van der Waals surface area contributed by atoms with E-state index in [2.05, 4.69) is 37.6 Å². The van der Waals surface area contributed by atoms with Crippen molar-refractivity contribution in [3.63, 3.8) is 0 Å². The van der Waals surface area contributed by atoms with Crippen LogP contribution in [0.5, 0.6) is 0 Å². The Bertz CT molecular complexity index is 402. The topological polar surface area (TPSA) is 53.4 Å². The molecule has 0 aromatic carbocycles. The molecule has 5 heteroatoms. The number of hydrogen-bond acceptors (Lipinski definition) is 4. The lowest BCUT2D eigenvalue weighted by Crippen LogP contribution is -2.41. The molecule has 0 spiro atoms. The Hall–Kier alpha value is -0.940. The summed E-state index contributed by atoms with van der Waals surface area (Å²) >= 11 is 1.69. The van der Waals surface area contributed by atoms with Crippen LogP contribution in [-0.2, 0) is 11.3 Å². The summed E-state index contributed by atoms with van der Waals surface area (Å²) in [6, 6.07) is 0. The third-order valence-corrected chi connectivity index (χ3v) is 4.00. The Labute approximate surface area is 113 Å². The summed E-state index contributed by atoms with van der Waals surface area (Å²) in [5.41, 5.74) is 1.02. The molecular weight excluding hydrogens is 248 g/mol. The van der Waals surface area contributed by atoms with Gasteiger partial charge in [-0.3, -0.25) is 9.69 Å². The van der Waals surface area contributed by atoms with Crippen LogP contribution in [0.1, 0.15) is 42.8 Å². The highest BCUT2D eigenvalue weighted by Crippen LogP contribution is 2.22. The Kier molecular flexibility index (Phi) is 4.87. The molecule has 0 aliphatic rings. The summed E-state index contributed by atoms with van der Waals surface area (Å²) in [5, 5.41) is 9.86. The maximum Gasteiger partial charge on any atom is 0.304 e. The van der Waals surface area contributed by atoms with Gasteiger partial charge in [0, 0.05) is 17.0 Å². The lowest BCUT2D eigenvalue weighted by molar-refractivity contribution is -0.137. The zero-order valence-electron chi connectivity index (χ0n) is 11.8. The van der Waals surface area contributed by atoms with E-state index in [1.54, 1.807) is 11.3 Å². The molecule has 4 nitrogen and oxygen atoms in total. The molecule has 0 fully saturated rings. The Balaban J connectivity index is 2.75. The Morgan fingerprint density at radius 2 is 2.00 bits per heavy atom. The van der Waals surface area contributed by atoms with Crippen molar-refractivity contribution in [1.29, 1.82) is 0 Å². The molecule has 0 bridgehead atoms. The first kappa shape index (κ1) is 15.1. The fourth-order valence-corrected chi connectivity index (χ4v) is 2.60. The molecule has 1 rings (SSSR count). The van der Waals surface area contributed by atoms with Gasteiger partial charge in [-0.05, 0) is 34.6 Å². The number of carboxylic acid groups (broad SMARTS) is 1. The van der Waals surface area contributed by atoms with Crippen LogP contribution in [0.3, 0.4) is 0 Å². The fraction of sp³-hybridized carbons (Fsp3) is 0.692. The molecule has 0 aliphatic heterocycles. The quantitative estimate of drug-likeness (QED) is 0.894. The first-order valence-electron chi connectivity index (χ1n) is 6.10. The van der Waals surface area contributed by atoms with E-state index < -0.39 is 5.97 Å². The molecule has 0 unspecified atom stereocenters. The molecule has 0 amide bonds. The highest BCUT2D eigenvalue weighted by atomic mass is 32.1. The minimum absolute atomic E-state index is 0.0526. The van der Waals surface area contributed by atoms with Gasteiger partial charge >= 0.3 is 5.97 Å². The van der Waals surface area contributed by atoms with E-state index in [0.717, 1.165) is 17.2 Å². The Morgan fingerprint density at radius 1 is 1.39 bits per heavy atom. The van der Waals surface area contributed by atoms with Gasteiger partial charge in [0.15, 0.2) is 0 Å². The zero-order chi connectivity index (χ0) is 13.9. The first-order chi connectivity index (χ1) is 8.20. The number of aromatic nitrogens is 1. The van der Waals surface area contributed by atoms with E-state index in [1.807, 2.05) is 6.92 Å². The molecule has 18 heavy (non-hydrogen) atoms. The van der Waals surface area contributed by atoms with Gasteiger partial charge in [0.25, 0.3) is 0 Å². The van der Waals surface area contributed by atoms with Crippen LogP contribution < -0.4 is 0 Å². The van der Waals surface area contributed by atoms with E-state index in [-0.39, 0.29) is 12.0 Å². The molecule has 0 atom stereocenters. The van der Waals surface area contributed by atoms with E-state index in [0.29, 0.717) is 6.54 Å². The SMILES string of the molecule is Cc1nc(CN(CCC(=O)O)C(C)(C)C)sc1C. The molecule has 0 aliphatic carbocycles. The number of aryl methyl sites for hydroxylation is 2. The monoisotopic (exact) mass is 270 g/mol. The molecule has 0 saturated heterocycles. The summed E-state index contributed by atoms with van der Waals surface area (Å²) in [6.07, 6.45) is 0.167. The highest BCUT2D eigenvalue weighted by molar-refractivity contribution is 7.11. The van der Waals surface area contributed by atoms with Crippen molar-refractivity contribution in [2.24, 2.45) is 0 Å². The molecule has 1 N–H and O–H groups in total. The number of hydrogen-bond donors (Lipinski definition) is 1. The van der Waals surface area contributed by atoms with Gasteiger partial charge in [-0.25, -0.2) is 4.98 Å². The molecule has 0 radical (unpaired) electrons. The van der Waals surface area contributed by atoms with Gasteiger partial charge in [0.2, 0.25) is 0 Å². The lowest BCUT2D eigenvalue weighted by atomic mass is 10.1. The summed E-state index contributed by atoms with van der Waals surface area (Å²) < 4.78 is 0. The van der Waals surface area contributed by atoms with Crippen molar-refractivity contribution in [3.8, 4) is 0 Å². The number of nitrogens with zero attached hydrogens (tertiary/aromatic N) is 2. The van der Waals surface area contributed by atoms with Crippen LogP contribution >= 0.6 is 11.3 Å². The molecule has 0 saturated carbocycles. The fourth-order valence-electron chi connectivity index (χ4n) is 1.65. The minimum Gasteiger partial charge on any atom is -0.481 e. The molecule has 1 aromatic rings. The summed E-state index contributed by atoms with van der Waals surface area (Å²) in [6.45, 7) is 11.6. The van der Waals surface area contributed by atoms with Crippen LogP contribution in [0.15, 0.2) is 0 Å². The molecule has 1 aromatic heterocycles. The van der Waals surface area contributed by atoms with Crippen molar-refractivity contribution >= 4 is 17.3 Å². The number of aliphatic carboxylic acids is 1. The Morgan fingerprint density at radius 3 is 2.39 bits per heavy atom. The van der Waals surface area contributed by atoms with Crippen LogP contribution in [0, 0.1) is 13.8 Å². The van der Waals surface area contributed by atoms with Crippen molar-refractivity contribution < 1.29 is 9.90 Å². The normalized spacial score (nSPS) is 12.1. The predicted molar refractivity (Wildman–Crippen MR) is 74.0 cm³/mol. The first-order valence-corrected chi connectivity index (χ1v) is 6.91. The molecular formula is C13H22N2O2S. The summed E-state index contributed by atoms with van der Waals surface area (Å²) in [7, 11) is 0. The molecule has 102 valence electrons. The average Bonchev–Trinajstić information content (AvgIpc) is 2.51. The van der Waals surface area contributed by atoms with Gasteiger partial charge in [-0.1, -0.05) is 0 Å². The van der Waals surface area contributed by atoms with E-state index >= 15 is 0 Å². The van der Waals surface area contributed by atoms with Crippen LogP contribution in [0.4, 0.5) is 0 Å². The van der Waals surface area contributed by atoms with Gasteiger partial charge in [-0.15, -0.1) is 11.3 Å². The second-order valence-corrected chi connectivity index (χ2v) is 6.77. The van der Waals surface area contributed by atoms with Crippen molar-refractivity contribution in [1.82, 2.24) is 9.88 Å². The van der Waals surface area contributed by atoms with Crippen LogP contribution in [0.25, 0.3) is 0 Å². The number of thiazole rings is 1. The van der Waals surface area contributed by atoms with E-state index in [1.165, 1.54) is 4.88 Å². The molecule has 1 heterocycles. The largest absolute Gasteiger partial charge is 0.481 e. The zero-order valence-corrected chi connectivity index (χ0v) is 12.6. The van der Waals surface area contributed by atoms with E-state index in [4.69, 9.17) is 5.11 Å². The van der Waals surface area contributed by atoms with Crippen molar-refractivity contribution in [3.05, 3.63) is 15.6 Å². The summed E-state index contributed by atoms with van der Waals surface area (Å²) in [5.74, 6) is -0.754. The third-order valence-electron chi connectivity index (χ3n) is 2.94. The maximum atomic E-state index is 10.7. The number of carboxylic acids is 1. The second kappa shape index (κ2) is 5.80. The van der Waals surface area contributed by atoms with E-state index in [9.17, 15) is 4.79 Å². The highest BCUT2D eigenvalue weighted by Gasteiger charge is 2.23. The summed E-state index contributed by atoms with van der Waals surface area (Å²) in [4.78, 5) is 18.6. The van der Waals surface area contributed by atoms with Crippen LogP contribution in [0.2, 0.25) is 0 Å².